The van der Waals surface area contributed by atoms with E-state index in [1.165, 1.54) is 6.07 Å². The van der Waals surface area contributed by atoms with Crippen molar-refractivity contribution in [2.24, 2.45) is 0 Å². The number of benzene rings is 1. The normalized spacial score (nSPS) is 17.3. The second kappa shape index (κ2) is 8.76. The van der Waals surface area contributed by atoms with Gasteiger partial charge >= 0.3 is 6.18 Å². The lowest BCUT2D eigenvalue weighted by Gasteiger charge is -2.35. The van der Waals surface area contributed by atoms with E-state index in [2.05, 4.69) is 5.32 Å². The van der Waals surface area contributed by atoms with E-state index in [4.69, 9.17) is 5.11 Å². The maximum Gasteiger partial charge on any atom is 0.390 e. The van der Waals surface area contributed by atoms with Crippen molar-refractivity contribution >= 4 is 24.8 Å². The second-order valence-electron chi connectivity index (χ2n) is 4.83. The number of rotatable bonds is 3. The fraction of sp³-hybridized carbons (Fsp3) is 0.538. The zero-order valence-corrected chi connectivity index (χ0v) is 13.2. The Morgan fingerprint density at radius 2 is 1.77 bits per heavy atom. The number of alkyl halides is 3. The summed E-state index contributed by atoms with van der Waals surface area (Å²) in [4.78, 5) is 1.69. The van der Waals surface area contributed by atoms with Crippen molar-refractivity contribution in [2.75, 3.05) is 26.2 Å². The molecule has 0 radical (unpaired) electrons. The molecule has 0 saturated carbocycles. The van der Waals surface area contributed by atoms with Gasteiger partial charge in [-0.3, -0.25) is 4.90 Å². The van der Waals surface area contributed by atoms with Crippen LogP contribution in [-0.2, 0) is 0 Å². The van der Waals surface area contributed by atoms with Gasteiger partial charge < -0.3 is 10.4 Å². The summed E-state index contributed by atoms with van der Waals surface area (Å²) in [5.41, 5.74) is 0.236. The molecule has 0 amide bonds. The highest BCUT2D eigenvalue weighted by molar-refractivity contribution is 5.85. The number of hydrogen-bond acceptors (Lipinski definition) is 3. The van der Waals surface area contributed by atoms with Crippen molar-refractivity contribution in [3.05, 3.63) is 29.6 Å². The van der Waals surface area contributed by atoms with Crippen molar-refractivity contribution in [3.8, 4) is 5.75 Å². The average Bonchev–Trinajstić information content (AvgIpc) is 2.39. The Hall–Kier alpha value is -0.760. The molecule has 128 valence electrons. The van der Waals surface area contributed by atoms with E-state index in [0.717, 1.165) is 12.1 Å². The largest absolute Gasteiger partial charge is 0.505 e. The number of aromatic hydroxyl groups is 1. The summed E-state index contributed by atoms with van der Waals surface area (Å²) in [6, 6.07) is 2.49. The first-order valence-electron chi connectivity index (χ1n) is 6.37. The molecule has 1 aromatic carbocycles. The zero-order chi connectivity index (χ0) is 14.8. The van der Waals surface area contributed by atoms with Gasteiger partial charge in [-0.1, -0.05) is 6.07 Å². The molecular formula is C13H18Cl2F4N2O. The molecule has 0 unspecified atom stereocenters. The van der Waals surface area contributed by atoms with Crippen LogP contribution in [0.3, 0.4) is 0 Å². The molecule has 1 fully saturated rings. The van der Waals surface area contributed by atoms with Crippen LogP contribution in [0.5, 0.6) is 5.75 Å². The molecule has 1 aliphatic rings. The molecule has 9 heteroatoms. The molecule has 1 aliphatic heterocycles. The quantitative estimate of drug-likeness (QED) is 0.808. The van der Waals surface area contributed by atoms with Crippen LogP contribution in [0.25, 0.3) is 0 Å². The van der Waals surface area contributed by atoms with Crippen LogP contribution in [0.15, 0.2) is 18.2 Å². The fourth-order valence-corrected chi connectivity index (χ4v) is 2.40. The smallest absolute Gasteiger partial charge is 0.390 e. The van der Waals surface area contributed by atoms with E-state index >= 15 is 0 Å². The van der Waals surface area contributed by atoms with Crippen LogP contribution in [0.2, 0.25) is 0 Å². The monoisotopic (exact) mass is 364 g/mol. The highest BCUT2D eigenvalue weighted by atomic mass is 35.5. The Labute approximate surface area is 138 Å². The maximum absolute atomic E-state index is 13.4. The molecule has 1 saturated heterocycles. The molecule has 1 heterocycles. The van der Waals surface area contributed by atoms with Crippen molar-refractivity contribution in [2.45, 2.75) is 18.6 Å². The van der Waals surface area contributed by atoms with Gasteiger partial charge in [-0.15, -0.1) is 24.8 Å². The Morgan fingerprint density at radius 3 is 2.27 bits per heavy atom. The third-order valence-corrected chi connectivity index (χ3v) is 3.37. The summed E-state index contributed by atoms with van der Waals surface area (Å²) >= 11 is 0. The van der Waals surface area contributed by atoms with Gasteiger partial charge in [0.25, 0.3) is 0 Å². The van der Waals surface area contributed by atoms with Gasteiger partial charge in [0, 0.05) is 32.2 Å². The summed E-state index contributed by atoms with van der Waals surface area (Å²) in [7, 11) is 0. The number of hydrogen-bond donors (Lipinski definition) is 2. The van der Waals surface area contributed by atoms with Gasteiger partial charge in [0.05, 0.1) is 6.42 Å². The van der Waals surface area contributed by atoms with Crippen LogP contribution < -0.4 is 5.32 Å². The molecule has 0 aliphatic carbocycles. The van der Waals surface area contributed by atoms with Gasteiger partial charge in [0.15, 0.2) is 11.6 Å². The first-order chi connectivity index (χ1) is 9.37. The standard InChI is InChI=1S/C13H16F4N2O.2ClH/c14-10-7-9(1-2-12(10)20)11(8-13(15,16)17)19-5-3-18-4-6-19;;/h1-2,7,11,18,20H,3-6,8H2;2*1H/t11-;;/m1../s1. The van der Waals surface area contributed by atoms with Gasteiger partial charge in [0.2, 0.25) is 0 Å². The van der Waals surface area contributed by atoms with Gasteiger partial charge in [-0.25, -0.2) is 4.39 Å². The van der Waals surface area contributed by atoms with Crippen molar-refractivity contribution in [1.82, 2.24) is 10.2 Å². The molecule has 0 bridgehead atoms. The van der Waals surface area contributed by atoms with E-state index in [-0.39, 0.29) is 30.4 Å². The maximum atomic E-state index is 13.4. The van der Waals surface area contributed by atoms with E-state index in [0.29, 0.717) is 26.2 Å². The lowest BCUT2D eigenvalue weighted by Crippen LogP contribution is -2.46. The van der Waals surface area contributed by atoms with E-state index in [1.54, 1.807) is 4.90 Å². The van der Waals surface area contributed by atoms with Crippen LogP contribution in [-0.4, -0.2) is 42.4 Å². The minimum atomic E-state index is -4.33. The SMILES string of the molecule is Cl.Cl.Oc1ccc([C@@H](CC(F)(F)F)N2CCNCC2)cc1F. The Kier molecular flexibility index (Phi) is 8.46. The highest BCUT2D eigenvalue weighted by Gasteiger charge is 2.36. The summed E-state index contributed by atoms with van der Waals surface area (Å²) in [6.45, 7) is 2.16. The minimum absolute atomic E-state index is 0. The Balaban J connectivity index is 0.00000220. The van der Waals surface area contributed by atoms with E-state index in [9.17, 15) is 17.6 Å². The van der Waals surface area contributed by atoms with Gasteiger partial charge in [-0.05, 0) is 17.7 Å². The zero-order valence-electron chi connectivity index (χ0n) is 11.6. The molecular weight excluding hydrogens is 347 g/mol. The molecule has 2 N–H and O–H groups in total. The highest BCUT2D eigenvalue weighted by Crippen LogP contribution is 2.35. The summed E-state index contributed by atoms with van der Waals surface area (Å²) in [5.74, 6) is -1.45. The number of nitrogens with zero attached hydrogens (tertiary/aromatic N) is 1. The molecule has 1 atom stereocenters. The van der Waals surface area contributed by atoms with Crippen molar-refractivity contribution < 1.29 is 22.7 Å². The van der Waals surface area contributed by atoms with Crippen LogP contribution in [0.1, 0.15) is 18.0 Å². The molecule has 3 nitrogen and oxygen atoms in total. The average molecular weight is 365 g/mol. The Bertz CT molecular complexity index is 468. The van der Waals surface area contributed by atoms with E-state index in [1.807, 2.05) is 0 Å². The third-order valence-electron chi connectivity index (χ3n) is 3.37. The lowest BCUT2D eigenvalue weighted by atomic mass is 10.0. The number of nitrogens with one attached hydrogen (secondary N) is 1. The summed E-state index contributed by atoms with van der Waals surface area (Å²) in [5, 5.41) is 12.2. The molecule has 0 spiro atoms. The number of phenolic OH excluding ortho intramolecular Hbond substituents is 1. The fourth-order valence-electron chi connectivity index (χ4n) is 2.40. The lowest BCUT2D eigenvalue weighted by molar-refractivity contribution is -0.148. The first-order valence-corrected chi connectivity index (χ1v) is 6.37. The predicted molar refractivity (Wildman–Crippen MR) is 80.4 cm³/mol. The van der Waals surface area contributed by atoms with Gasteiger partial charge in [0.1, 0.15) is 0 Å². The molecule has 0 aromatic heterocycles. The first kappa shape index (κ1) is 21.2. The molecule has 1 aromatic rings. The van der Waals surface area contributed by atoms with Gasteiger partial charge in [-0.2, -0.15) is 13.2 Å². The van der Waals surface area contributed by atoms with Crippen LogP contribution in [0.4, 0.5) is 17.6 Å². The molecule has 2 rings (SSSR count). The number of halogens is 6. The predicted octanol–water partition coefficient (Wildman–Crippen LogP) is 3.27. The topological polar surface area (TPSA) is 35.5 Å². The van der Waals surface area contributed by atoms with Crippen LogP contribution in [0, 0.1) is 5.82 Å². The minimum Gasteiger partial charge on any atom is -0.505 e. The van der Waals surface area contributed by atoms with E-state index < -0.39 is 30.2 Å². The number of piperazine rings is 1. The van der Waals surface area contributed by atoms with Crippen LogP contribution >= 0.6 is 24.8 Å². The summed E-state index contributed by atoms with van der Waals surface area (Å²) < 4.78 is 51.6. The van der Waals surface area contributed by atoms with Crippen molar-refractivity contribution in [1.29, 1.82) is 0 Å². The summed E-state index contributed by atoms with van der Waals surface area (Å²) in [6.07, 6.45) is -5.36. The third kappa shape index (κ3) is 5.79. The Morgan fingerprint density at radius 1 is 1.18 bits per heavy atom. The van der Waals surface area contributed by atoms with Crippen molar-refractivity contribution in [3.63, 3.8) is 0 Å². The number of phenols is 1. The molecule has 22 heavy (non-hydrogen) atoms. The second-order valence-corrected chi connectivity index (χ2v) is 4.83.